The second kappa shape index (κ2) is 13.1. The van der Waals surface area contributed by atoms with Gasteiger partial charge in [0, 0.05) is 93.4 Å². The molecule has 0 fully saturated rings. The van der Waals surface area contributed by atoms with Gasteiger partial charge < -0.3 is 19.8 Å². The van der Waals surface area contributed by atoms with Gasteiger partial charge in [-0.05, 0) is 62.9 Å². The molecule has 8 bridgehead atoms. The number of fused-ring (bicyclic) bond motifs is 8. The van der Waals surface area contributed by atoms with Gasteiger partial charge in [0.2, 0.25) is 0 Å². The first-order valence-corrected chi connectivity index (χ1v) is 17.2. The quantitative estimate of drug-likeness (QED) is 0.183. The van der Waals surface area contributed by atoms with Crippen LogP contribution >= 0.6 is 0 Å². The predicted molar refractivity (Wildman–Crippen MR) is 182 cm³/mol. The third-order valence-electron chi connectivity index (χ3n) is 10.6. The Kier molecular flexibility index (Phi) is 9.19. The number of unbranched alkanes of at least 4 members (excludes halogenated alkanes) is 3. The van der Waals surface area contributed by atoms with Gasteiger partial charge in [0.15, 0.2) is 5.78 Å². The topological polar surface area (TPSA) is 121 Å². The van der Waals surface area contributed by atoms with E-state index >= 15 is 0 Å². The lowest BCUT2D eigenvalue weighted by atomic mass is 9.85. The second-order valence-electron chi connectivity index (χ2n) is 13.6. The molecule has 0 saturated heterocycles. The number of H-pyrrole nitrogens is 2. The largest absolute Gasteiger partial charge is 0.481 e. The minimum absolute atomic E-state index is 0.00947. The Morgan fingerprint density at radius 3 is 2.46 bits per heavy atom. The van der Waals surface area contributed by atoms with Crippen LogP contribution in [-0.2, 0) is 16.0 Å². The summed E-state index contributed by atoms with van der Waals surface area (Å²) in [5.74, 6) is -0.375. The van der Waals surface area contributed by atoms with Gasteiger partial charge in [-0.25, -0.2) is 0 Å². The summed E-state index contributed by atoms with van der Waals surface area (Å²) in [6, 6.07) is 8.37. The van der Waals surface area contributed by atoms with Crippen molar-refractivity contribution >= 4 is 33.8 Å². The summed E-state index contributed by atoms with van der Waals surface area (Å²) in [5.41, 5.74) is 11.3. The minimum atomic E-state index is -0.825. The van der Waals surface area contributed by atoms with Crippen molar-refractivity contribution in [1.29, 1.82) is 0 Å². The molecule has 0 saturated carbocycles. The summed E-state index contributed by atoms with van der Waals surface area (Å²) >= 11 is 0. The summed E-state index contributed by atoms with van der Waals surface area (Å²) in [6.45, 7) is 13.8. The molecule has 8 heteroatoms. The fourth-order valence-corrected chi connectivity index (χ4v) is 7.89. The zero-order valence-corrected chi connectivity index (χ0v) is 28.1. The van der Waals surface area contributed by atoms with Crippen LogP contribution in [0.5, 0.6) is 0 Å². The van der Waals surface area contributed by atoms with Gasteiger partial charge in [-0.15, -0.1) is 0 Å². The standard InChI is InChI=1S/C38H48N4O4/c1-7-9-10-11-14-46-23(6)36-22(5)31-18-30-21(4)26(12-13-35(44)45)37(42-30)28-17-34(43)27-15-24(39-38(27)28)16-32-25(8-2)20(3)29(40-32)19-33(36)41-31/h15-16,18-21,23,25-26,39,41H,7-14,17H2,1-6H3,(H,44,45)/t20?,21-,23?,25?,26-/m1/s1. The van der Waals surface area contributed by atoms with Crippen molar-refractivity contribution in [2.45, 2.75) is 123 Å². The van der Waals surface area contributed by atoms with E-state index in [9.17, 15) is 14.7 Å². The van der Waals surface area contributed by atoms with E-state index in [4.69, 9.17) is 14.7 Å². The Morgan fingerprint density at radius 1 is 0.978 bits per heavy atom. The Morgan fingerprint density at radius 2 is 1.72 bits per heavy atom. The molecule has 2 aliphatic heterocycles. The van der Waals surface area contributed by atoms with E-state index < -0.39 is 5.97 Å². The fraction of sp³-hybridized carbons (Fsp3) is 0.526. The molecule has 0 radical (unpaired) electrons. The number of carbonyl (C=O) groups excluding carboxylic acids is 1. The number of carboxylic acid groups (broad SMARTS) is 1. The number of ether oxygens (including phenoxy) is 1. The average molecular weight is 625 g/mol. The number of ketones is 1. The molecule has 3 unspecified atom stereocenters. The zero-order chi connectivity index (χ0) is 32.7. The number of aromatic amines is 2. The van der Waals surface area contributed by atoms with Crippen LogP contribution in [0.2, 0.25) is 0 Å². The first kappa shape index (κ1) is 32.2. The van der Waals surface area contributed by atoms with Gasteiger partial charge in [0.1, 0.15) is 0 Å². The Balaban J connectivity index is 1.61. The maximum Gasteiger partial charge on any atom is 0.303 e. The summed E-state index contributed by atoms with van der Waals surface area (Å²) in [7, 11) is 0. The molecule has 46 heavy (non-hydrogen) atoms. The highest BCUT2D eigenvalue weighted by molar-refractivity contribution is 6.11. The zero-order valence-electron chi connectivity index (χ0n) is 28.1. The molecule has 6 rings (SSSR count). The monoisotopic (exact) mass is 624 g/mol. The van der Waals surface area contributed by atoms with Crippen LogP contribution in [0.4, 0.5) is 0 Å². The van der Waals surface area contributed by atoms with E-state index in [1.807, 2.05) is 6.07 Å². The summed E-state index contributed by atoms with van der Waals surface area (Å²) in [6.07, 6.45) is 6.26. The van der Waals surface area contributed by atoms with E-state index in [2.05, 4.69) is 69.7 Å². The number of aromatic nitrogens is 4. The second-order valence-corrected chi connectivity index (χ2v) is 13.6. The van der Waals surface area contributed by atoms with Crippen molar-refractivity contribution in [2.24, 2.45) is 0 Å². The van der Waals surface area contributed by atoms with Crippen molar-refractivity contribution in [3.8, 4) is 0 Å². The molecule has 3 aromatic heterocycles. The Hall–Kier alpha value is -3.78. The van der Waals surface area contributed by atoms with Crippen LogP contribution in [0.25, 0.3) is 22.1 Å². The van der Waals surface area contributed by atoms with E-state index in [1.165, 1.54) is 19.3 Å². The molecule has 1 aliphatic carbocycles. The first-order chi connectivity index (χ1) is 22.1. The maximum absolute atomic E-state index is 13.3. The number of carboxylic acids is 1. The molecule has 0 spiro atoms. The van der Waals surface area contributed by atoms with Crippen LogP contribution in [0, 0.1) is 6.92 Å². The van der Waals surface area contributed by atoms with E-state index in [0.717, 1.165) is 81.0 Å². The fourth-order valence-electron chi connectivity index (χ4n) is 7.89. The number of Topliss-reactive ketones (excluding diaryl/α,β-unsaturated/α-hetero) is 1. The molecule has 0 aromatic carbocycles. The summed E-state index contributed by atoms with van der Waals surface area (Å²) in [5, 5.41) is 9.59. The summed E-state index contributed by atoms with van der Waals surface area (Å²) in [4.78, 5) is 42.6. The number of aryl methyl sites for hydroxylation is 1. The smallest absolute Gasteiger partial charge is 0.303 e. The maximum atomic E-state index is 13.3. The van der Waals surface area contributed by atoms with Crippen molar-refractivity contribution in [3.05, 3.63) is 69.3 Å². The van der Waals surface area contributed by atoms with Crippen molar-refractivity contribution in [2.75, 3.05) is 6.61 Å². The lowest BCUT2D eigenvalue weighted by molar-refractivity contribution is -0.137. The van der Waals surface area contributed by atoms with E-state index in [-0.39, 0.29) is 48.4 Å². The first-order valence-electron chi connectivity index (χ1n) is 17.2. The van der Waals surface area contributed by atoms with Gasteiger partial charge in [0.05, 0.1) is 17.3 Å². The van der Waals surface area contributed by atoms with Crippen molar-refractivity contribution in [1.82, 2.24) is 19.9 Å². The number of carbonyl (C=O) groups is 2. The highest BCUT2D eigenvalue weighted by Crippen LogP contribution is 2.44. The number of rotatable bonds is 11. The van der Waals surface area contributed by atoms with E-state index in [0.29, 0.717) is 12.0 Å². The van der Waals surface area contributed by atoms with Gasteiger partial charge in [0.25, 0.3) is 0 Å². The third kappa shape index (κ3) is 5.92. The molecular formula is C38H48N4O4. The number of aliphatic carboxylic acids is 1. The lowest BCUT2D eigenvalue weighted by Crippen LogP contribution is -2.08. The van der Waals surface area contributed by atoms with Crippen LogP contribution in [0.1, 0.15) is 159 Å². The number of hydrogen-bond donors (Lipinski definition) is 3. The Labute approximate surface area is 271 Å². The Bertz CT molecular complexity index is 1820. The van der Waals surface area contributed by atoms with Gasteiger partial charge in [-0.1, -0.05) is 47.0 Å². The molecular weight excluding hydrogens is 576 g/mol. The molecule has 3 N–H and O–H groups in total. The molecule has 244 valence electrons. The van der Waals surface area contributed by atoms with Gasteiger partial charge >= 0.3 is 5.97 Å². The molecule has 3 aromatic rings. The van der Waals surface area contributed by atoms with Crippen LogP contribution < -0.4 is 0 Å². The van der Waals surface area contributed by atoms with Crippen LogP contribution in [-0.4, -0.2) is 43.4 Å². The normalized spacial score (nSPS) is 21.2. The van der Waals surface area contributed by atoms with Gasteiger partial charge in [-0.2, -0.15) is 0 Å². The molecule has 3 aliphatic rings. The third-order valence-corrected chi connectivity index (χ3v) is 10.6. The van der Waals surface area contributed by atoms with Crippen molar-refractivity contribution < 1.29 is 19.4 Å². The number of nitrogens with zero attached hydrogens (tertiary/aromatic N) is 2. The summed E-state index contributed by atoms with van der Waals surface area (Å²) < 4.78 is 6.43. The predicted octanol–water partition coefficient (Wildman–Crippen LogP) is 9.07. The number of nitrogens with one attached hydrogen (secondary N) is 2. The van der Waals surface area contributed by atoms with E-state index in [1.54, 1.807) is 0 Å². The molecule has 5 heterocycles. The SMILES string of the molecule is CCCCCCOC(C)c1c(C)c2cc3nc(c4c5[nH]c(cc6nc(cc1[nH]2)C(C)C6CC)cc5C(=O)C4)[C@H](CCC(=O)O)[C@H]3C. The van der Waals surface area contributed by atoms with Crippen molar-refractivity contribution in [3.63, 3.8) is 0 Å². The number of hydrogen-bond acceptors (Lipinski definition) is 5. The molecule has 0 amide bonds. The highest BCUT2D eigenvalue weighted by atomic mass is 16.5. The minimum Gasteiger partial charge on any atom is -0.481 e. The van der Waals surface area contributed by atoms with Crippen LogP contribution in [0.3, 0.4) is 0 Å². The molecule has 8 nitrogen and oxygen atoms in total. The van der Waals surface area contributed by atoms with Crippen LogP contribution in [0.15, 0.2) is 24.3 Å². The average Bonchev–Trinajstić information content (AvgIpc) is 3.78. The lowest BCUT2D eigenvalue weighted by Gasteiger charge is -2.16. The van der Waals surface area contributed by atoms with Gasteiger partial charge in [-0.3, -0.25) is 19.6 Å². The molecule has 5 atom stereocenters. The highest BCUT2D eigenvalue weighted by Gasteiger charge is 2.35.